The first-order valence-corrected chi connectivity index (χ1v) is 5.68. The molecule has 0 aliphatic heterocycles. The summed E-state index contributed by atoms with van der Waals surface area (Å²) in [5.41, 5.74) is 0.927. The van der Waals surface area contributed by atoms with Crippen molar-refractivity contribution in [3.63, 3.8) is 0 Å². The van der Waals surface area contributed by atoms with Crippen LogP contribution in [0.4, 0.5) is 0 Å². The van der Waals surface area contributed by atoms with Crippen LogP contribution in [0, 0.1) is 0 Å². The Kier molecular flexibility index (Phi) is 6.41. The Hall–Kier alpha value is -0.0535. The Labute approximate surface area is 97.4 Å². The Morgan fingerprint density at radius 1 is 1.29 bits per heavy atom. The molecule has 0 bridgehead atoms. The molecule has 1 N–H and O–H groups in total. The molecule has 0 saturated heterocycles. The fourth-order valence-electron chi connectivity index (χ4n) is 0.727. The monoisotopic (exact) mass is 279 g/mol. The molecule has 0 atom stereocenters. The van der Waals surface area contributed by atoms with Gasteiger partial charge in [0.25, 0.3) is 0 Å². The van der Waals surface area contributed by atoms with Crippen LogP contribution in [0.5, 0.6) is 0 Å². The summed E-state index contributed by atoms with van der Waals surface area (Å²) in [6.07, 6.45) is 0. The molecule has 0 fully saturated rings. The second-order valence-electron chi connectivity index (χ2n) is 2.24. The van der Waals surface area contributed by atoms with Crippen LogP contribution in [0.2, 0.25) is 0 Å². The van der Waals surface area contributed by atoms with Gasteiger partial charge in [-0.3, -0.25) is 4.55 Å². The summed E-state index contributed by atoms with van der Waals surface area (Å²) < 4.78 is 32.6. The van der Waals surface area contributed by atoms with Crippen LogP contribution in [-0.2, 0) is 36.6 Å². The minimum atomic E-state index is -4.33. The largest absolute Gasteiger partial charge is 0.408 e. The Morgan fingerprint density at radius 3 is 2.36 bits per heavy atom. The van der Waals surface area contributed by atoms with Crippen LogP contribution in [0.25, 0.3) is 0 Å². The van der Waals surface area contributed by atoms with Crippen molar-refractivity contribution in [2.45, 2.75) is 5.75 Å². The van der Waals surface area contributed by atoms with E-state index in [2.05, 4.69) is 3.63 Å². The van der Waals surface area contributed by atoms with E-state index in [1.165, 1.54) is 0 Å². The Morgan fingerprint density at radius 2 is 1.86 bits per heavy atom. The Balaban J connectivity index is 0.00000169. The Bertz CT molecular complexity index is 351. The van der Waals surface area contributed by atoms with E-state index in [0.717, 1.165) is 5.56 Å². The average Bonchev–Trinajstić information content (AvgIpc) is 2.04. The van der Waals surface area contributed by atoms with Crippen molar-refractivity contribution in [2.24, 2.45) is 0 Å². The molecular weight excluding hydrogens is 271 g/mol. The van der Waals surface area contributed by atoms with Crippen molar-refractivity contribution in [1.29, 1.82) is 0 Å². The van der Waals surface area contributed by atoms with Gasteiger partial charge in [-0.25, -0.2) is 0 Å². The van der Waals surface area contributed by atoms with Gasteiger partial charge in [0.2, 0.25) is 0 Å². The van der Waals surface area contributed by atoms with Gasteiger partial charge in [-0.05, 0) is 5.56 Å². The number of hydrogen-bond acceptors (Lipinski definition) is 4. The standard InChI is InChI=1S/C7H8O4S2.Co/c8-13(9,10)11-12-6-7-4-2-1-3-5-7;/h1-5H,6H2,(H,8,9,10);. The van der Waals surface area contributed by atoms with Crippen LogP contribution in [0.3, 0.4) is 0 Å². The fourth-order valence-corrected chi connectivity index (χ4v) is 1.73. The molecule has 0 spiro atoms. The van der Waals surface area contributed by atoms with Gasteiger partial charge in [-0.1, -0.05) is 30.3 Å². The van der Waals surface area contributed by atoms with Crippen molar-refractivity contribution in [1.82, 2.24) is 0 Å². The molecule has 14 heavy (non-hydrogen) atoms. The second-order valence-corrected chi connectivity index (χ2v) is 4.17. The van der Waals surface area contributed by atoms with Crippen molar-refractivity contribution < 1.29 is 33.4 Å². The van der Waals surface area contributed by atoms with E-state index >= 15 is 0 Å². The van der Waals surface area contributed by atoms with E-state index in [-0.39, 0.29) is 16.8 Å². The number of benzene rings is 1. The van der Waals surface area contributed by atoms with Gasteiger partial charge in [-0.15, -0.1) is 0 Å². The van der Waals surface area contributed by atoms with Gasteiger partial charge in [0.1, 0.15) is 0 Å². The van der Waals surface area contributed by atoms with Crippen LogP contribution in [-0.4, -0.2) is 13.0 Å². The average molecular weight is 279 g/mol. The van der Waals surface area contributed by atoms with Gasteiger partial charge in [0, 0.05) is 34.6 Å². The molecule has 1 radical (unpaired) electrons. The third-order valence-corrected chi connectivity index (χ3v) is 2.73. The number of hydrogen-bond donors (Lipinski definition) is 1. The maximum atomic E-state index is 10.1. The SMILES string of the molecule is O=S(=O)(O)OSCc1ccccc1.[Co]. The van der Waals surface area contributed by atoms with E-state index in [1.54, 1.807) is 0 Å². The van der Waals surface area contributed by atoms with Crippen LogP contribution >= 0.6 is 12.0 Å². The zero-order valence-corrected chi connectivity index (χ0v) is 9.59. The second kappa shape index (κ2) is 6.43. The minimum Gasteiger partial charge on any atom is -0.263 e. The zero-order valence-electron chi connectivity index (χ0n) is 6.92. The van der Waals surface area contributed by atoms with E-state index in [0.29, 0.717) is 17.8 Å². The summed E-state index contributed by atoms with van der Waals surface area (Å²) >= 11 is 0.675. The van der Waals surface area contributed by atoms with Crippen molar-refractivity contribution in [3.05, 3.63) is 35.9 Å². The van der Waals surface area contributed by atoms with Gasteiger partial charge in [-0.2, -0.15) is 12.0 Å². The molecule has 1 aromatic rings. The molecule has 0 amide bonds. The molecule has 1 rings (SSSR count). The summed E-state index contributed by atoms with van der Waals surface area (Å²) in [5, 5.41) is 0. The van der Waals surface area contributed by atoms with E-state index in [1.807, 2.05) is 30.3 Å². The molecule has 0 heterocycles. The van der Waals surface area contributed by atoms with Gasteiger partial charge in [0.15, 0.2) is 0 Å². The molecule has 0 aromatic heterocycles. The molecule has 0 unspecified atom stereocenters. The molecule has 4 nitrogen and oxygen atoms in total. The fraction of sp³-hybridized carbons (Fsp3) is 0.143. The summed E-state index contributed by atoms with van der Waals surface area (Å²) in [5.74, 6) is 0.376. The third-order valence-electron chi connectivity index (χ3n) is 1.20. The van der Waals surface area contributed by atoms with Crippen molar-refractivity contribution >= 4 is 22.4 Å². The van der Waals surface area contributed by atoms with Gasteiger partial charge >= 0.3 is 10.4 Å². The third kappa shape index (κ3) is 6.41. The predicted octanol–water partition coefficient (Wildman–Crippen LogP) is 1.65. The molecule has 1 aromatic carbocycles. The molecule has 81 valence electrons. The van der Waals surface area contributed by atoms with Crippen LogP contribution in [0.15, 0.2) is 30.3 Å². The van der Waals surface area contributed by atoms with Crippen LogP contribution in [0.1, 0.15) is 5.56 Å². The first kappa shape index (κ1) is 13.9. The first-order chi connectivity index (χ1) is 6.08. The molecular formula is C7H8CoO4S2. The van der Waals surface area contributed by atoms with E-state index in [9.17, 15) is 8.42 Å². The molecule has 0 aliphatic rings. The molecule has 0 saturated carbocycles. The predicted molar refractivity (Wildman–Crippen MR) is 50.4 cm³/mol. The smallest absolute Gasteiger partial charge is 0.263 e. The van der Waals surface area contributed by atoms with E-state index < -0.39 is 10.4 Å². The van der Waals surface area contributed by atoms with E-state index in [4.69, 9.17) is 4.55 Å². The summed E-state index contributed by atoms with van der Waals surface area (Å²) in [6.45, 7) is 0. The first-order valence-electron chi connectivity index (χ1n) is 3.40. The molecule has 7 heteroatoms. The van der Waals surface area contributed by atoms with Crippen LogP contribution < -0.4 is 0 Å². The normalized spacial score (nSPS) is 10.6. The maximum absolute atomic E-state index is 10.1. The summed E-state index contributed by atoms with van der Waals surface area (Å²) in [4.78, 5) is 0. The van der Waals surface area contributed by atoms with Crippen molar-refractivity contribution in [2.75, 3.05) is 0 Å². The van der Waals surface area contributed by atoms with Gasteiger partial charge in [0.05, 0.1) is 0 Å². The van der Waals surface area contributed by atoms with Gasteiger partial charge < -0.3 is 0 Å². The van der Waals surface area contributed by atoms with Crippen molar-refractivity contribution in [3.8, 4) is 0 Å². The maximum Gasteiger partial charge on any atom is 0.408 e. The topological polar surface area (TPSA) is 63.6 Å². The minimum absolute atomic E-state index is 0. The number of rotatable bonds is 4. The zero-order chi connectivity index (χ0) is 9.73. The molecule has 0 aliphatic carbocycles. The summed E-state index contributed by atoms with van der Waals surface area (Å²) in [7, 11) is -4.33. The summed E-state index contributed by atoms with van der Waals surface area (Å²) in [6, 6.07) is 9.20. The quantitative estimate of drug-likeness (QED) is 0.670.